The zero-order chi connectivity index (χ0) is 81.3. The van der Waals surface area contributed by atoms with Gasteiger partial charge in [0.1, 0.15) is 36.8 Å². The van der Waals surface area contributed by atoms with E-state index < -0.39 is 30.3 Å². The van der Waals surface area contributed by atoms with E-state index in [-0.39, 0.29) is 46.5 Å². The number of piperidine rings is 4. The Bertz CT molecular complexity index is 5100. The highest BCUT2D eigenvalue weighted by Gasteiger charge is 2.68. The third-order valence-corrected chi connectivity index (χ3v) is 27.5. The zero-order valence-corrected chi connectivity index (χ0v) is 67.1. The van der Waals surface area contributed by atoms with Gasteiger partial charge in [0.25, 0.3) is 0 Å². The van der Waals surface area contributed by atoms with E-state index in [1.807, 2.05) is 66.4 Å². The number of rotatable bonds is 13. The summed E-state index contributed by atoms with van der Waals surface area (Å²) >= 11 is 0. The average molecular weight is 1580 g/mol. The summed E-state index contributed by atoms with van der Waals surface area (Å²) in [5.74, 6) is 4.88. The number of aliphatic hydroxyl groups is 1. The lowest BCUT2D eigenvalue weighted by molar-refractivity contribution is -0.193. The van der Waals surface area contributed by atoms with Crippen molar-refractivity contribution in [3.63, 3.8) is 0 Å². The summed E-state index contributed by atoms with van der Waals surface area (Å²) in [7, 11) is 6.69. The first-order chi connectivity index (χ1) is 57.0. The maximum absolute atomic E-state index is 13.0. The Morgan fingerprint density at radius 1 is 0.538 bits per heavy atom. The fraction of sp³-hybridized carbons (Fsp3) is 0.406. The van der Waals surface area contributed by atoms with E-state index in [0.717, 1.165) is 106 Å². The molecule has 8 aromatic rings. The first kappa shape index (κ1) is 79.8. The lowest BCUT2D eigenvalue weighted by atomic mass is 9.52. The predicted octanol–water partition coefficient (Wildman–Crippen LogP) is 12.5. The number of esters is 2. The Kier molecular flexibility index (Phi) is 23.1. The Balaban J connectivity index is 0.000000116. The van der Waals surface area contributed by atoms with E-state index in [4.69, 9.17) is 47.6 Å². The van der Waals surface area contributed by atoms with E-state index in [2.05, 4.69) is 174 Å². The van der Waals surface area contributed by atoms with Crippen molar-refractivity contribution < 1.29 is 67.1 Å². The van der Waals surface area contributed by atoms with Crippen LogP contribution in [0.4, 0.5) is 5.69 Å². The molecule has 4 saturated heterocycles. The molecule has 0 saturated carbocycles. The molecule has 4 fully saturated rings. The number of para-hydroxylation sites is 1. The summed E-state index contributed by atoms with van der Waals surface area (Å²) < 4.78 is 37.8. The van der Waals surface area contributed by atoms with Gasteiger partial charge < -0.3 is 58.0 Å². The SMILES string of the molecule is CCC(=O)N(c1ccccc1)C1CCN(CCc2ccccc2)CC1.CN1CC[C@]23c4c5ccc(OC(=O)c6cccnc6)c4O[C@H]2C(OC(=O)c2cccnc2)C=C[C@H]3C1C5.CN1CC[C@]23c4c5ccc(OCc6ccccc6)c4OC2[C@@H](O)C=CC3C1C5.Cc1ccc2c3c1O[C@H]1[C@@H](C)C=C[C@H]4[C@@H](C2)N(C)CC[C@@]341.O=C=O.O=C=O. The first-order valence-corrected chi connectivity index (χ1v) is 41.3. The van der Waals surface area contributed by atoms with Gasteiger partial charge in [0.05, 0.1) is 11.1 Å². The lowest BCUT2D eigenvalue weighted by Gasteiger charge is -2.56. The maximum Gasteiger partial charge on any atom is 0.373 e. The van der Waals surface area contributed by atoms with Gasteiger partial charge in [-0.1, -0.05) is 147 Å². The summed E-state index contributed by atoms with van der Waals surface area (Å²) in [6.07, 6.45) is 28.5. The summed E-state index contributed by atoms with van der Waals surface area (Å²) in [6.45, 7) is 13.4. The van der Waals surface area contributed by atoms with Gasteiger partial charge in [-0.05, 0) is 193 Å². The van der Waals surface area contributed by atoms with E-state index >= 15 is 0 Å². The van der Waals surface area contributed by atoms with Gasteiger partial charge in [-0.2, -0.15) is 19.2 Å². The van der Waals surface area contributed by atoms with Gasteiger partial charge in [-0.3, -0.25) is 14.8 Å². The Morgan fingerprint density at radius 3 is 1.58 bits per heavy atom. The second kappa shape index (κ2) is 33.9. The quantitative estimate of drug-likeness (QED) is 0.0641. The molecule has 21 rings (SSSR count). The predicted molar refractivity (Wildman–Crippen MR) is 437 cm³/mol. The molecule has 3 spiro atoms. The average Bonchev–Trinajstić information content (AvgIpc) is 1.61. The van der Waals surface area contributed by atoms with Crippen molar-refractivity contribution in [2.75, 3.05) is 65.3 Å². The van der Waals surface area contributed by atoms with Crippen molar-refractivity contribution in [2.45, 2.75) is 163 Å². The first-order valence-electron chi connectivity index (χ1n) is 41.3. The fourth-order valence-electron chi connectivity index (χ4n) is 22.1. The van der Waals surface area contributed by atoms with Crippen LogP contribution in [0, 0.1) is 30.6 Å². The van der Waals surface area contributed by atoms with Crippen LogP contribution in [0.1, 0.15) is 123 Å². The minimum absolute atomic E-state index is 0.125. The Labute approximate surface area is 683 Å². The van der Waals surface area contributed by atoms with Gasteiger partial charge in [0, 0.05) is 137 Å². The van der Waals surface area contributed by atoms with E-state index in [1.165, 1.54) is 65.3 Å². The van der Waals surface area contributed by atoms with Gasteiger partial charge in [-0.25, -0.2) is 9.59 Å². The number of anilines is 1. The zero-order valence-electron chi connectivity index (χ0n) is 67.1. The van der Waals surface area contributed by atoms with E-state index in [1.54, 1.807) is 47.8 Å². The third kappa shape index (κ3) is 14.5. The number of carbonyl (C=O) groups is 3. The summed E-state index contributed by atoms with van der Waals surface area (Å²) in [5.41, 5.74) is 13.5. The van der Waals surface area contributed by atoms with Crippen LogP contribution in [-0.2, 0) is 77.2 Å². The maximum atomic E-state index is 13.0. The molecule has 5 unspecified atom stereocenters. The van der Waals surface area contributed by atoms with Crippen molar-refractivity contribution in [3.8, 4) is 28.7 Å². The molecule has 117 heavy (non-hydrogen) atoms. The monoisotopic (exact) mass is 1580 g/mol. The molecule has 13 aliphatic rings. The summed E-state index contributed by atoms with van der Waals surface area (Å²) in [6, 6.07) is 52.3. The standard InChI is InChI=1S/C29H25N3O5.C24H25NO3.C22H28N2O.C19H23NO.2CO2/c1-32-13-10-29-20-7-9-23(36-28(34)19-5-3-12-31-16-19)26(29)37-25-22(8-6-17(24(25)29)14-21(20)32)35-27(33)18-4-2-11-30-15-18;1-25-12-11-24-17-8-9-19(26)23(24)28-22-20(27-14-15-5-3-2-4-6-15)10-7-16(21(22)24)13-18(17)25;1-2-22(25)24(20-11-7-4-8-12-20)21-14-17-23(18-15-21)16-13-19-9-5-3-6-10-19;1-11-4-6-13-10-15-14-7-5-12(2)18-19(14,8-9-20(15)3)16(13)17(11)21-18;2*2-1-3/h2-9,11-12,15-16,20-21,23,26H,10,13-14H2,1H3;2-10,17-19,23,26H,11-14H2,1H3;3-12,21H,2,13-18H2,1H3;4-7,12,14-15,18H,8-10H2,1-3H3;;/t20-,21?,23?,26-,29-;17?,18?,19-,23?,24-;;12-,14-,15+,18-,19-;;/m00.0../s1. The van der Waals surface area contributed by atoms with Gasteiger partial charge >= 0.3 is 24.2 Å². The molecule has 9 heterocycles. The summed E-state index contributed by atoms with van der Waals surface area (Å²) in [5, 5.41) is 10.8. The highest BCUT2D eigenvalue weighted by Crippen LogP contribution is 2.66. The number of aromatic nitrogens is 2. The van der Waals surface area contributed by atoms with Crippen LogP contribution in [-0.4, -0.2) is 180 Å². The second-order valence-electron chi connectivity index (χ2n) is 33.4. The topological polar surface area (TPSA) is 237 Å². The van der Waals surface area contributed by atoms with Crippen molar-refractivity contribution >= 4 is 35.8 Å². The van der Waals surface area contributed by atoms with Crippen LogP contribution >= 0.6 is 0 Å². The molecule has 7 aliphatic heterocycles. The molecule has 604 valence electrons. The van der Waals surface area contributed by atoms with E-state index in [9.17, 15) is 19.5 Å². The highest BCUT2D eigenvalue weighted by molar-refractivity contribution is 5.94. The minimum Gasteiger partial charge on any atom is -0.488 e. The minimum atomic E-state index is -0.590. The molecule has 1 amide bonds. The van der Waals surface area contributed by atoms with Crippen molar-refractivity contribution in [1.29, 1.82) is 0 Å². The molecule has 1 N–H and O–H groups in total. The van der Waals surface area contributed by atoms with Crippen LogP contribution < -0.4 is 28.6 Å². The van der Waals surface area contributed by atoms with Gasteiger partial charge in [0.2, 0.25) is 5.91 Å². The molecule has 15 atom stereocenters. The number of hydrogen-bond donors (Lipinski definition) is 1. The van der Waals surface area contributed by atoms with Crippen LogP contribution in [0.3, 0.4) is 0 Å². The Hall–Kier alpha value is -11.0. The molecule has 2 aromatic heterocycles. The molecular formula is C96H101N7O14. The third-order valence-electron chi connectivity index (χ3n) is 27.5. The second-order valence-corrected chi connectivity index (χ2v) is 33.4. The molecule has 6 aromatic carbocycles. The number of benzene rings is 6. The number of amides is 1. The molecule has 0 radical (unpaired) electrons. The van der Waals surface area contributed by atoms with Gasteiger partial charge in [-0.15, -0.1) is 0 Å². The molecule has 6 aliphatic carbocycles. The summed E-state index contributed by atoms with van der Waals surface area (Å²) in [4.78, 5) is 91.0. The number of hydrogen-bond acceptors (Lipinski definition) is 20. The normalized spacial score (nSPS) is 28.5. The smallest absolute Gasteiger partial charge is 0.373 e. The molecule has 6 bridgehead atoms. The van der Waals surface area contributed by atoms with Crippen LogP contribution in [0.15, 0.2) is 213 Å². The Morgan fingerprint density at radius 2 is 1.02 bits per heavy atom. The number of aryl methyl sites for hydroxylation is 1. The number of ether oxygens (including phenoxy) is 6. The number of pyridine rings is 2. The van der Waals surface area contributed by atoms with Crippen molar-refractivity contribution in [1.82, 2.24) is 29.6 Å². The molecular weight excluding hydrogens is 1480 g/mol. The van der Waals surface area contributed by atoms with Crippen LogP contribution in [0.25, 0.3) is 0 Å². The number of likely N-dealkylation sites (N-methyl/N-ethyl adjacent to an activating group) is 3. The van der Waals surface area contributed by atoms with Crippen LogP contribution in [0.2, 0.25) is 0 Å². The fourth-order valence-corrected chi connectivity index (χ4v) is 22.1. The van der Waals surface area contributed by atoms with Crippen molar-refractivity contribution in [2.24, 2.45) is 23.7 Å². The van der Waals surface area contributed by atoms with E-state index in [0.29, 0.717) is 83.7 Å². The van der Waals surface area contributed by atoms with Gasteiger partial charge in [0.15, 0.2) is 29.1 Å². The molecule has 21 heteroatoms. The highest BCUT2D eigenvalue weighted by atomic mass is 16.6. The number of carbonyl (C=O) groups excluding carboxylic acids is 7. The van der Waals surface area contributed by atoms with Crippen LogP contribution in [0.5, 0.6) is 28.7 Å². The molecule has 21 nitrogen and oxygen atoms in total. The number of aliphatic hydroxyl groups excluding tert-OH is 1. The largest absolute Gasteiger partial charge is 0.488 e. The number of likely N-dealkylation sites (tertiary alicyclic amines) is 4. The lowest BCUT2D eigenvalue weighted by Crippen LogP contribution is -2.65. The van der Waals surface area contributed by atoms with Crippen molar-refractivity contribution in [3.05, 3.63) is 274 Å². The number of nitrogens with zero attached hydrogens (tertiary/aromatic N) is 7.